The average Bonchev–Trinajstić information content (AvgIpc) is 3.09. The van der Waals surface area contributed by atoms with Gasteiger partial charge in [0.2, 0.25) is 0 Å². The Morgan fingerprint density at radius 2 is 1.02 bits per heavy atom. The Morgan fingerprint density at radius 3 is 1.38 bits per heavy atom. The second-order valence-corrected chi connectivity index (χ2v) is 14.2. The first kappa shape index (κ1) is 37.7. The van der Waals surface area contributed by atoms with E-state index in [1.165, 1.54) is 42.5 Å². The van der Waals surface area contributed by atoms with Crippen molar-refractivity contribution in [2.75, 3.05) is 0 Å². The van der Waals surface area contributed by atoms with E-state index in [0.717, 1.165) is 11.1 Å². The fourth-order valence-electron chi connectivity index (χ4n) is 5.28. The summed E-state index contributed by atoms with van der Waals surface area (Å²) in [6.07, 6.45) is -0.126. The van der Waals surface area contributed by atoms with Gasteiger partial charge in [0.05, 0.1) is 11.1 Å². The summed E-state index contributed by atoms with van der Waals surface area (Å²) in [5, 5.41) is 0. The summed E-state index contributed by atoms with van der Waals surface area (Å²) in [6, 6.07) is 35.6. The molecule has 0 amide bonds. The molecular weight excluding hydrogens is 687 g/mol. The first-order valence-corrected chi connectivity index (χ1v) is 17.6. The van der Waals surface area contributed by atoms with Crippen LogP contribution in [0.2, 0.25) is 0 Å². The van der Waals surface area contributed by atoms with Crippen molar-refractivity contribution < 1.29 is 45.7 Å². The number of carbonyl (C=O) groups is 2. The number of nitrogens with two attached hydrogens (primary N) is 1. The molecule has 0 fully saturated rings. The van der Waals surface area contributed by atoms with Crippen LogP contribution >= 0.6 is 0 Å². The molecule has 12 heteroatoms. The van der Waals surface area contributed by atoms with Gasteiger partial charge in [-0.15, -0.1) is 0 Å². The van der Waals surface area contributed by atoms with Crippen molar-refractivity contribution in [1.82, 2.24) is 0 Å². The van der Waals surface area contributed by atoms with E-state index in [0.29, 0.717) is 24.7 Å². The van der Waals surface area contributed by atoms with Gasteiger partial charge >= 0.3 is 22.3 Å². The summed E-state index contributed by atoms with van der Waals surface area (Å²) in [4.78, 5) is 26.5. The van der Waals surface area contributed by atoms with Gasteiger partial charge in [-0.05, 0) is 77.2 Å². The number of rotatable bonds is 14. The van der Waals surface area contributed by atoms with Gasteiger partial charge in [0.15, 0.2) is 5.72 Å². The Balaban J connectivity index is 1.38. The smallest absolute Gasteiger partial charge is 0.399 e. The fourth-order valence-corrected chi connectivity index (χ4v) is 5.81. The first-order valence-electron chi connectivity index (χ1n) is 16.2. The SMILES string of the molecule is CC(C)(C)CC(N)(OS(=O)(=O)O)c1cc(OC(=O)c2ccc(OCc3ccccc3)cc2)cc(OC(=O)c2ccc(OCc3ccccc3)cc2)c1. The molecule has 52 heavy (non-hydrogen) atoms. The highest BCUT2D eigenvalue weighted by atomic mass is 32.3. The highest BCUT2D eigenvalue weighted by Crippen LogP contribution is 2.38. The molecule has 5 aromatic rings. The maximum Gasteiger partial charge on any atom is 0.399 e. The minimum Gasteiger partial charge on any atom is -0.489 e. The number of hydrogen-bond donors (Lipinski definition) is 2. The van der Waals surface area contributed by atoms with E-state index in [9.17, 15) is 22.6 Å². The van der Waals surface area contributed by atoms with E-state index < -0.39 is 33.5 Å². The van der Waals surface area contributed by atoms with Gasteiger partial charge in [0.25, 0.3) is 0 Å². The molecule has 0 aliphatic carbocycles. The largest absolute Gasteiger partial charge is 0.489 e. The Hall–Kier alpha value is -5.53. The van der Waals surface area contributed by atoms with Gasteiger partial charge < -0.3 is 18.9 Å². The predicted octanol–water partition coefficient (Wildman–Crippen LogP) is 7.65. The van der Waals surface area contributed by atoms with E-state index in [1.807, 2.05) is 60.7 Å². The molecule has 1 unspecified atom stereocenters. The molecule has 5 aromatic carbocycles. The number of hydrogen-bond acceptors (Lipinski definition) is 10. The van der Waals surface area contributed by atoms with Crippen LogP contribution in [0.4, 0.5) is 0 Å². The predicted molar refractivity (Wildman–Crippen MR) is 193 cm³/mol. The van der Waals surface area contributed by atoms with Crippen LogP contribution in [0.15, 0.2) is 127 Å². The lowest BCUT2D eigenvalue weighted by Crippen LogP contribution is -2.44. The second-order valence-electron chi connectivity index (χ2n) is 13.2. The lowest BCUT2D eigenvalue weighted by molar-refractivity contribution is 0.0240. The summed E-state index contributed by atoms with van der Waals surface area (Å²) < 4.78 is 61.5. The summed E-state index contributed by atoms with van der Waals surface area (Å²) in [5.74, 6) is -0.757. The quantitative estimate of drug-likeness (QED) is 0.0501. The van der Waals surface area contributed by atoms with Crippen LogP contribution in [0.1, 0.15) is 64.6 Å². The molecule has 0 bridgehead atoms. The van der Waals surface area contributed by atoms with Crippen molar-refractivity contribution in [3.8, 4) is 23.0 Å². The zero-order chi connectivity index (χ0) is 37.4. The van der Waals surface area contributed by atoms with Crippen LogP contribution in [0.25, 0.3) is 0 Å². The number of carbonyl (C=O) groups excluding carboxylic acids is 2. The van der Waals surface area contributed by atoms with Gasteiger partial charge in [-0.25, -0.2) is 13.8 Å². The van der Waals surface area contributed by atoms with E-state index in [-0.39, 0.29) is 34.6 Å². The van der Waals surface area contributed by atoms with Crippen molar-refractivity contribution in [1.29, 1.82) is 0 Å². The zero-order valence-corrected chi connectivity index (χ0v) is 29.7. The lowest BCUT2D eigenvalue weighted by Gasteiger charge is -2.34. The number of esters is 2. The molecule has 0 saturated heterocycles. The van der Waals surface area contributed by atoms with Gasteiger partial charge in [0.1, 0.15) is 36.2 Å². The normalized spacial score (nSPS) is 12.7. The third-order valence-corrected chi connectivity index (χ3v) is 8.02. The lowest BCUT2D eigenvalue weighted by atomic mass is 9.83. The minimum absolute atomic E-state index is 0.0533. The average molecular weight is 726 g/mol. The molecule has 3 N–H and O–H groups in total. The molecule has 270 valence electrons. The van der Waals surface area contributed by atoms with Gasteiger partial charge in [-0.3, -0.25) is 10.3 Å². The van der Waals surface area contributed by atoms with E-state index in [2.05, 4.69) is 0 Å². The van der Waals surface area contributed by atoms with Crippen molar-refractivity contribution in [3.63, 3.8) is 0 Å². The molecule has 11 nitrogen and oxygen atoms in total. The molecule has 0 heterocycles. The number of benzene rings is 5. The number of ether oxygens (including phenoxy) is 4. The highest BCUT2D eigenvalue weighted by Gasteiger charge is 2.39. The molecule has 1 atom stereocenters. The molecular formula is C40H39NO10S. The van der Waals surface area contributed by atoms with E-state index >= 15 is 0 Å². The molecule has 0 aliphatic heterocycles. The molecule has 0 radical (unpaired) electrons. The third-order valence-electron chi connectivity index (χ3n) is 7.51. The second kappa shape index (κ2) is 16.2. The summed E-state index contributed by atoms with van der Waals surface area (Å²) in [6.45, 7) is 6.03. The maximum atomic E-state index is 13.3. The molecule has 0 spiro atoms. The van der Waals surface area contributed by atoms with Crippen LogP contribution in [0.5, 0.6) is 23.0 Å². The maximum absolute atomic E-state index is 13.3. The van der Waals surface area contributed by atoms with Crippen molar-refractivity contribution in [2.45, 2.75) is 46.1 Å². The van der Waals surface area contributed by atoms with Crippen molar-refractivity contribution >= 4 is 22.3 Å². The summed E-state index contributed by atoms with van der Waals surface area (Å²) in [7, 11) is -5.08. The van der Waals surface area contributed by atoms with Gasteiger partial charge in [-0.1, -0.05) is 81.4 Å². The highest BCUT2D eigenvalue weighted by molar-refractivity contribution is 7.80. The Kier molecular flexibility index (Phi) is 11.8. The Morgan fingerprint density at radius 1 is 0.615 bits per heavy atom. The third kappa shape index (κ3) is 11.2. The Bertz CT molecular complexity index is 1960. The summed E-state index contributed by atoms with van der Waals surface area (Å²) >= 11 is 0. The van der Waals surface area contributed by atoms with E-state index in [4.69, 9.17) is 28.9 Å². The van der Waals surface area contributed by atoms with Crippen LogP contribution in [-0.2, 0) is 33.5 Å². The Labute approximate surface area is 302 Å². The molecule has 5 rings (SSSR count). The van der Waals surface area contributed by atoms with Crippen LogP contribution in [-0.4, -0.2) is 24.9 Å². The van der Waals surface area contributed by atoms with Crippen LogP contribution in [0.3, 0.4) is 0 Å². The molecule has 0 aromatic heterocycles. The molecule has 0 aliphatic rings. The monoisotopic (exact) mass is 725 g/mol. The topological polar surface area (TPSA) is 161 Å². The first-order chi connectivity index (χ1) is 24.6. The standard InChI is InChI=1S/C40H39NO10S/c1-39(2,3)27-40(41,51-52(44,45)46)32-22-35(49-37(42)30-14-18-33(19-15-30)47-25-28-10-6-4-7-11-28)24-36(23-32)50-38(43)31-16-20-34(21-17-31)48-26-29-12-8-5-9-13-29/h4-24H,25-27,41H2,1-3H3,(H,44,45,46). The van der Waals surface area contributed by atoms with Crippen LogP contribution < -0.4 is 24.7 Å². The van der Waals surface area contributed by atoms with Crippen molar-refractivity contribution in [3.05, 3.63) is 155 Å². The molecule has 0 saturated carbocycles. The van der Waals surface area contributed by atoms with Crippen LogP contribution in [0, 0.1) is 5.41 Å². The van der Waals surface area contributed by atoms with Crippen molar-refractivity contribution in [2.24, 2.45) is 11.1 Å². The van der Waals surface area contributed by atoms with Gasteiger partial charge in [-0.2, -0.15) is 8.42 Å². The summed E-state index contributed by atoms with van der Waals surface area (Å²) in [5.41, 5.74) is 5.98. The fraction of sp³-hybridized carbons (Fsp3) is 0.200. The minimum atomic E-state index is -5.08. The zero-order valence-electron chi connectivity index (χ0n) is 28.9. The van der Waals surface area contributed by atoms with E-state index in [1.54, 1.807) is 45.0 Å². The van der Waals surface area contributed by atoms with Gasteiger partial charge in [0, 0.05) is 18.1 Å².